The number of nitrogens with two attached hydrogens (primary N) is 1. The molecule has 1 rings (SSSR count). The van der Waals surface area contributed by atoms with Gasteiger partial charge in [0, 0.05) is 6.54 Å². The SMILES string of the molecule is CC(C)(C)OC(=O)Nc1cc(/C=C/CN)cc(F)c1F. The lowest BCUT2D eigenvalue weighted by Crippen LogP contribution is -2.27. The molecule has 4 nitrogen and oxygen atoms in total. The molecule has 0 unspecified atom stereocenters. The lowest BCUT2D eigenvalue weighted by molar-refractivity contribution is 0.0635. The summed E-state index contributed by atoms with van der Waals surface area (Å²) in [6.45, 7) is 5.28. The summed E-state index contributed by atoms with van der Waals surface area (Å²) in [6.07, 6.45) is 2.27. The predicted molar refractivity (Wildman–Crippen MR) is 74.3 cm³/mol. The summed E-state index contributed by atoms with van der Waals surface area (Å²) >= 11 is 0. The smallest absolute Gasteiger partial charge is 0.412 e. The maximum atomic E-state index is 13.6. The van der Waals surface area contributed by atoms with Crippen molar-refractivity contribution in [3.05, 3.63) is 35.4 Å². The molecule has 0 aliphatic heterocycles. The Morgan fingerprint density at radius 1 is 1.40 bits per heavy atom. The highest BCUT2D eigenvalue weighted by Crippen LogP contribution is 2.21. The van der Waals surface area contributed by atoms with E-state index in [0.29, 0.717) is 5.56 Å². The molecule has 0 saturated carbocycles. The molecule has 0 heterocycles. The van der Waals surface area contributed by atoms with E-state index in [1.54, 1.807) is 26.8 Å². The Bertz CT molecular complexity index is 523. The van der Waals surface area contributed by atoms with E-state index < -0.39 is 23.3 Å². The highest BCUT2D eigenvalue weighted by molar-refractivity contribution is 5.85. The fourth-order valence-corrected chi connectivity index (χ4v) is 1.41. The van der Waals surface area contributed by atoms with Crippen LogP contribution in [0, 0.1) is 11.6 Å². The molecule has 0 bridgehead atoms. The van der Waals surface area contributed by atoms with E-state index in [2.05, 4.69) is 5.32 Å². The Labute approximate surface area is 116 Å². The third kappa shape index (κ3) is 4.97. The van der Waals surface area contributed by atoms with Gasteiger partial charge < -0.3 is 10.5 Å². The fraction of sp³-hybridized carbons (Fsp3) is 0.357. The quantitative estimate of drug-likeness (QED) is 0.895. The van der Waals surface area contributed by atoms with Gasteiger partial charge in [-0.1, -0.05) is 12.2 Å². The summed E-state index contributed by atoms with van der Waals surface area (Å²) in [4.78, 5) is 11.6. The molecule has 20 heavy (non-hydrogen) atoms. The Morgan fingerprint density at radius 3 is 2.60 bits per heavy atom. The lowest BCUT2D eigenvalue weighted by atomic mass is 10.1. The average molecular weight is 284 g/mol. The number of amides is 1. The van der Waals surface area contributed by atoms with Crippen LogP contribution in [0.2, 0.25) is 0 Å². The fourth-order valence-electron chi connectivity index (χ4n) is 1.41. The summed E-state index contributed by atoms with van der Waals surface area (Å²) in [5.74, 6) is -2.20. The molecule has 3 N–H and O–H groups in total. The normalized spacial score (nSPS) is 11.7. The molecule has 0 aromatic heterocycles. The number of carbonyl (C=O) groups is 1. The molecule has 6 heteroatoms. The van der Waals surface area contributed by atoms with Gasteiger partial charge in [-0.25, -0.2) is 13.6 Å². The second-order valence-corrected chi connectivity index (χ2v) is 5.13. The minimum absolute atomic E-state index is 0.272. The summed E-state index contributed by atoms with van der Waals surface area (Å²) in [6, 6.07) is 2.32. The Hall–Kier alpha value is -1.95. The third-order valence-corrected chi connectivity index (χ3v) is 2.13. The molecule has 0 aliphatic carbocycles. The summed E-state index contributed by atoms with van der Waals surface area (Å²) in [7, 11) is 0. The van der Waals surface area contributed by atoms with Gasteiger partial charge in [0.05, 0.1) is 5.69 Å². The van der Waals surface area contributed by atoms with Crippen LogP contribution in [0.15, 0.2) is 18.2 Å². The molecular formula is C14H18F2N2O2. The number of carbonyl (C=O) groups excluding carboxylic acids is 1. The second-order valence-electron chi connectivity index (χ2n) is 5.13. The first-order valence-electron chi connectivity index (χ1n) is 6.08. The minimum Gasteiger partial charge on any atom is -0.444 e. The molecule has 0 aliphatic rings. The first kappa shape index (κ1) is 16.1. The zero-order chi connectivity index (χ0) is 15.3. The number of halogens is 2. The number of rotatable bonds is 3. The maximum absolute atomic E-state index is 13.6. The zero-order valence-corrected chi connectivity index (χ0v) is 11.7. The number of benzene rings is 1. The van der Waals surface area contributed by atoms with E-state index >= 15 is 0 Å². The minimum atomic E-state index is -1.14. The van der Waals surface area contributed by atoms with Crippen LogP contribution >= 0.6 is 0 Å². The third-order valence-electron chi connectivity index (χ3n) is 2.13. The number of anilines is 1. The van der Waals surface area contributed by atoms with Crippen LogP contribution in [0.3, 0.4) is 0 Å². The highest BCUT2D eigenvalue weighted by Gasteiger charge is 2.18. The van der Waals surface area contributed by atoms with E-state index in [1.165, 1.54) is 12.1 Å². The number of hydrogen-bond donors (Lipinski definition) is 2. The summed E-state index contributed by atoms with van der Waals surface area (Å²) in [5.41, 5.74) is 4.67. The van der Waals surface area contributed by atoms with E-state index in [0.717, 1.165) is 6.07 Å². The topological polar surface area (TPSA) is 64.3 Å². The van der Waals surface area contributed by atoms with Crippen LogP contribution in [0.1, 0.15) is 26.3 Å². The standard InChI is InChI=1S/C14H18F2N2O2/c1-14(2,3)20-13(19)18-11-8-9(5-4-6-17)7-10(15)12(11)16/h4-5,7-8H,6,17H2,1-3H3,(H,18,19)/b5-4+. The lowest BCUT2D eigenvalue weighted by Gasteiger charge is -2.20. The van der Waals surface area contributed by atoms with Crippen molar-refractivity contribution in [1.29, 1.82) is 0 Å². The van der Waals surface area contributed by atoms with Crippen molar-refractivity contribution in [3.63, 3.8) is 0 Å². The Balaban J connectivity index is 2.96. The van der Waals surface area contributed by atoms with Gasteiger partial charge in [0.1, 0.15) is 5.60 Å². The molecule has 0 fully saturated rings. The molecule has 0 spiro atoms. The van der Waals surface area contributed by atoms with Crippen molar-refractivity contribution >= 4 is 17.9 Å². The van der Waals surface area contributed by atoms with Gasteiger partial charge in [-0.15, -0.1) is 0 Å². The van der Waals surface area contributed by atoms with E-state index in [-0.39, 0.29) is 12.2 Å². The van der Waals surface area contributed by atoms with Gasteiger partial charge in [-0.05, 0) is 38.5 Å². The molecule has 0 saturated heterocycles. The molecule has 1 aromatic carbocycles. The van der Waals surface area contributed by atoms with Crippen molar-refractivity contribution in [3.8, 4) is 0 Å². The van der Waals surface area contributed by atoms with Crippen molar-refractivity contribution in [2.24, 2.45) is 5.73 Å². The van der Waals surface area contributed by atoms with Gasteiger partial charge in [-0.2, -0.15) is 0 Å². The first-order chi connectivity index (χ1) is 9.23. The molecule has 0 radical (unpaired) electrons. The molecular weight excluding hydrogens is 266 g/mol. The van der Waals surface area contributed by atoms with Crippen LogP contribution in [0.25, 0.3) is 6.08 Å². The van der Waals surface area contributed by atoms with Crippen molar-refractivity contribution < 1.29 is 18.3 Å². The van der Waals surface area contributed by atoms with Gasteiger partial charge in [0.15, 0.2) is 11.6 Å². The van der Waals surface area contributed by atoms with Crippen LogP contribution in [-0.2, 0) is 4.74 Å². The zero-order valence-electron chi connectivity index (χ0n) is 11.7. The molecule has 1 aromatic rings. The first-order valence-corrected chi connectivity index (χ1v) is 6.08. The maximum Gasteiger partial charge on any atom is 0.412 e. The summed E-state index contributed by atoms with van der Waals surface area (Å²) in [5, 5.41) is 2.18. The van der Waals surface area contributed by atoms with Crippen molar-refractivity contribution in [2.45, 2.75) is 26.4 Å². The molecule has 1 amide bonds. The molecule has 0 atom stereocenters. The van der Waals surface area contributed by atoms with Crippen molar-refractivity contribution in [2.75, 3.05) is 11.9 Å². The van der Waals surface area contributed by atoms with E-state index in [9.17, 15) is 13.6 Å². The van der Waals surface area contributed by atoms with Gasteiger partial charge in [-0.3, -0.25) is 5.32 Å². The van der Waals surface area contributed by atoms with E-state index in [4.69, 9.17) is 10.5 Å². The van der Waals surface area contributed by atoms with Crippen LogP contribution in [-0.4, -0.2) is 18.2 Å². The Kier molecular flexibility index (Phi) is 5.21. The van der Waals surface area contributed by atoms with Gasteiger partial charge in [0.25, 0.3) is 0 Å². The highest BCUT2D eigenvalue weighted by atomic mass is 19.2. The van der Waals surface area contributed by atoms with Gasteiger partial charge >= 0.3 is 6.09 Å². The number of hydrogen-bond acceptors (Lipinski definition) is 3. The largest absolute Gasteiger partial charge is 0.444 e. The van der Waals surface area contributed by atoms with E-state index in [1.807, 2.05) is 0 Å². The van der Waals surface area contributed by atoms with Crippen molar-refractivity contribution in [1.82, 2.24) is 0 Å². The average Bonchev–Trinajstić information content (AvgIpc) is 2.30. The summed E-state index contributed by atoms with van der Waals surface area (Å²) < 4.78 is 32.0. The van der Waals surface area contributed by atoms with Gasteiger partial charge in [0.2, 0.25) is 0 Å². The number of ether oxygens (including phenoxy) is 1. The van der Waals surface area contributed by atoms with Crippen LogP contribution in [0.5, 0.6) is 0 Å². The van der Waals surface area contributed by atoms with Crippen LogP contribution < -0.4 is 11.1 Å². The number of nitrogens with one attached hydrogen (secondary N) is 1. The Morgan fingerprint density at radius 2 is 2.05 bits per heavy atom. The molecule has 110 valence electrons. The van der Waals surface area contributed by atoms with Crippen LogP contribution in [0.4, 0.5) is 19.3 Å². The predicted octanol–water partition coefficient (Wildman–Crippen LogP) is 3.28. The monoisotopic (exact) mass is 284 g/mol. The second kappa shape index (κ2) is 6.47.